The maximum atomic E-state index is 11.9. The molecule has 0 amide bonds. The second-order valence-electron chi connectivity index (χ2n) is 4.58. The van der Waals surface area contributed by atoms with Gasteiger partial charge in [-0.05, 0) is 30.0 Å². The molecule has 1 aromatic rings. The fourth-order valence-corrected chi connectivity index (χ4v) is 3.15. The van der Waals surface area contributed by atoms with Crippen LogP contribution < -0.4 is 10.5 Å². The van der Waals surface area contributed by atoms with Crippen molar-refractivity contribution in [2.24, 2.45) is 5.92 Å². The number of hydrogen-bond acceptors (Lipinski definition) is 4. The molecule has 1 atom stereocenters. The lowest BCUT2D eigenvalue weighted by atomic mass is 10.1. The van der Waals surface area contributed by atoms with E-state index in [0.717, 1.165) is 13.0 Å². The van der Waals surface area contributed by atoms with E-state index in [9.17, 15) is 8.42 Å². The third kappa shape index (κ3) is 3.97. The molecule has 1 fully saturated rings. The van der Waals surface area contributed by atoms with Gasteiger partial charge in [0.15, 0.2) is 0 Å². The van der Waals surface area contributed by atoms with Crippen LogP contribution in [0.15, 0.2) is 24.3 Å². The van der Waals surface area contributed by atoms with E-state index in [1.54, 1.807) is 24.3 Å². The molecule has 1 heterocycles. The monoisotopic (exact) mass is 270 g/mol. The smallest absolute Gasteiger partial charge is 0.215 e. The Kier molecular flexibility index (Phi) is 4.21. The molecule has 100 valence electrons. The number of rotatable bonds is 5. The minimum atomic E-state index is -3.30. The molecule has 2 rings (SSSR count). The van der Waals surface area contributed by atoms with Crippen molar-refractivity contribution < 1.29 is 13.2 Å². The molecule has 1 aliphatic rings. The van der Waals surface area contributed by atoms with Crippen molar-refractivity contribution in [3.63, 3.8) is 0 Å². The molecule has 1 unspecified atom stereocenters. The average Bonchev–Trinajstić information content (AvgIpc) is 2.78. The Bertz CT molecular complexity index is 496. The first-order valence-electron chi connectivity index (χ1n) is 5.95. The Morgan fingerprint density at radius 2 is 2.28 bits per heavy atom. The molecule has 18 heavy (non-hydrogen) atoms. The van der Waals surface area contributed by atoms with E-state index >= 15 is 0 Å². The van der Waals surface area contributed by atoms with E-state index in [4.69, 9.17) is 10.5 Å². The third-order valence-corrected chi connectivity index (χ3v) is 4.24. The summed E-state index contributed by atoms with van der Waals surface area (Å²) in [7, 11) is -3.30. The standard InChI is InChI=1S/C12H18N2O3S/c13-12-3-1-2-10(6-12)9-18(15,16)14-7-11-4-5-17-8-11/h1-3,6,11,14H,4-5,7-9,13H2. The lowest BCUT2D eigenvalue weighted by Gasteiger charge is -2.10. The van der Waals surface area contributed by atoms with Crippen LogP contribution in [-0.4, -0.2) is 28.2 Å². The molecule has 0 radical (unpaired) electrons. The van der Waals surface area contributed by atoms with Gasteiger partial charge < -0.3 is 10.5 Å². The van der Waals surface area contributed by atoms with Gasteiger partial charge in [0, 0.05) is 18.8 Å². The Labute approximate surface area is 107 Å². The predicted molar refractivity (Wildman–Crippen MR) is 70.4 cm³/mol. The third-order valence-electron chi connectivity index (χ3n) is 2.92. The SMILES string of the molecule is Nc1cccc(CS(=O)(=O)NCC2CCOC2)c1. The number of nitrogens with one attached hydrogen (secondary N) is 1. The number of benzene rings is 1. The van der Waals surface area contributed by atoms with E-state index in [2.05, 4.69) is 4.72 Å². The van der Waals surface area contributed by atoms with Crippen LogP contribution in [0.2, 0.25) is 0 Å². The molecule has 1 aliphatic heterocycles. The molecule has 0 bridgehead atoms. The zero-order valence-corrected chi connectivity index (χ0v) is 10.9. The minimum Gasteiger partial charge on any atom is -0.399 e. The van der Waals surface area contributed by atoms with Gasteiger partial charge in [-0.25, -0.2) is 13.1 Å². The van der Waals surface area contributed by atoms with Gasteiger partial charge in [0.05, 0.1) is 12.4 Å². The molecule has 5 nitrogen and oxygen atoms in total. The molecule has 0 spiro atoms. The van der Waals surface area contributed by atoms with Crippen molar-refractivity contribution in [1.29, 1.82) is 0 Å². The van der Waals surface area contributed by atoms with Gasteiger partial charge in [0.1, 0.15) is 0 Å². The first-order valence-corrected chi connectivity index (χ1v) is 7.60. The maximum absolute atomic E-state index is 11.9. The van der Waals surface area contributed by atoms with E-state index in [1.807, 2.05) is 0 Å². The summed E-state index contributed by atoms with van der Waals surface area (Å²) >= 11 is 0. The van der Waals surface area contributed by atoms with Gasteiger partial charge in [0.2, 0.25) is 10.0 Å². The van der Waals surface area contributed by atoms with Crippen molar-refractivity contribution in [1.82, 2.24) is 4.72 Å². The molecule has 3 N–H and O–H groups in total. The number of hydrogen-bond donors (Lipinski definition) is 2. The fourth-order valence-electron chi connectivity index (χ4n) is 1.94. The highest BCUT2D eigenvalue weighted by Gasteiger charge is 2.19. The van der Waals surface area contributed by atoms with Gasteiger partial charge in [-0.3, -0.25) is 0 Å². The molecule has 0 saturated carbocycles. The molecule has 0 aliphatic carbocycles. The van der Waals surface area contributed by atoms with Crippen molar-refractivity contribution in [3.8, 4) is 0 Å². The topological polar surface area (TPSA) is 81.4 Å². The number of nitrogen functional groups attached to an aromatic ring is 1. The largest absolute Gasteiger partial charge is 0.399 e. The summed E-state index contributed by atoms with van der Waals surface area (Å²) in [5.41, 5.74) is 6.89. The Morgan fingerprint density at radius 1 is 1.44 bits per heavy atom. The molecule has 1 saturated heterocycles. The predicted octanol–water partition coefficient (Wildman–Crippen LogP) is 0.725. The molecule has 6 heteroatoms. The van der Waals surface area contributed by atoms with Crippen LogP contribution in [0.1, 0.15) is 12.0 Å². The van der Waals surface area contributed by atoms with Crippen molar-refractivity contribution >= 4 is 15.7 Å². The molecular weight excluding hydrogens is 252 g/mol. The highest BCUT2D eigenvalue weighted by Crippen LogP contribution is 2.13. The number of ether oxygens (including phenoxy) is 1. The van der Waals surface area contributed by atoms with Crippen LogP contribution >= 0.6 is 0 Å². The summed E-state index contributed by atoms with van der Waals surface area (Å²) in [5, 5.41) is 0. The van der Waals surface area contributed by atoms with Crippen LogP contribution in [-0.2, 0) is 20.5 Å². The van der Waals surface area contributed by atoms with Crippen LogP contribution in [0.5, 0.6) is 0 Å². The van der Waals surface area contributed by atoms with Crippen molar-refractivity contribution in [2.45, 2.75) is 12.2 Å². The molecule has 0 aromatic heterocycles. The summed E-state index contributed by atoms with van der Waals surface area (Å²) < 4.78 is 31.6. The second kappa shape index (κ2) is 5.69. The highest BCUT2D eigenvalue weighted by atomic mass is 32.2. The number of sulfonamides is 1. The zero-order valence-electron chi connectivity index (χ0n) is 10.1. The zero-order chi connectivity index (χ0) is 13.0. The normalized spacial score (nSPS) is 20.1. The lowest BCUT2D eigenvalue weighted by molar-refractivity contribution is 0.186. The number of nitrogens with two attached hydrogens (primary N) is 1. The number of anilines is 1. The summed E-state index contributed by atoms with van der Waals surface area (Å²) in [4.78, 5) is 0. The highest BCUT2D eigenvalue weighted by molar-refractivity contribution is 7.88. The van der Waals surface area contributed by atoms with Gasteiger partial charge in [0.25, 0.3) is 0 Å². The van der Waals surface area contributed by atoms with Crippen LogP contribution in [0, 0.1) is 5.92 Å². The minimum absolute atomic E-state index is 0.0361. The van der Waals surface area contributed by atoms with Crippen molar-refractivity contribution in [3.05, 3.63) is 29.8 Å². The quantitative estimate of drug-likeness (QED) is 0.773. The summed E-state index contributed by atoms with van der Waals surface area (Å²) in [6, 6.07) is 6.93. The van der Waals surface area contributed by atoms with Crippen LogP contribution in [0.25, 0.3) is 0 Å². The van der Waals surface area contributed by atoms with Gasteiger partial charge in [-0.15, -0.1) is 0 Å². The van der Waals surface area contributed by atoms with E-state index in [1.165, 1.54) is 0 Å². The summed E-state index contributed by atoms with van der Waals surface area (Å²) in [5.74, 6) is 0.256. The second-order valence-corrected chi connectivity index (χ2v) is 6.39. The Morgan fingerprint density at radius 3 is 2.94 bits per heavy atom. The Balaban J connectivity index is 1.90. The van der Waals surface area contributed by atoms with Crippen LogP contribution in [0.4, 0.5) is 5.69 Å². The van der Waals surface area contributed by atoms with E-state index in [0.29, 0.717) is 30.3 Å². The summed E-state index contributed by atoms with van der Waals surface area (Å²) in [6.07, 6.45) is 0.917. The average molecular weight is 270 g/mol. The van der Waals surface area contributed by atoms with E-state index < -0.39 is 10.0 Å². The van der Waals surface area contributed by atoms with E-state index in [-0.39, 0.29) is 5.75 Å². The van der Waals surface area contributed by atoms with Gasteiger partial charge in [-0.2, -0.15) is 0 Å². The van der Waals surface area contributed by atoms with Gasteiger partial charge >= 0.3 is 0 Å². The molecular formula is C12H18N2O3S. The lowest BCUT2D eigenvalue weighted by Crippen LogP contribution is -2.30. The fraction of sp³-hybridized carbons (Fsp3) is 0.500. The molecule has 1 aromatic carbocycles. The van der Waals surface area contributed by atoms with Gasteiger partial charge in [-0.1, -0.05) is 12.1 Å². The first-order chi connectivity index (χ1) is 8.55. The summed E-state index contributed by atoms with van der Waals surface area (Å²) in [6.45, 7) is 1.81. The van der Waals surface area contributed by atoms with Crippen molar-refractivity contribution in [2.75, 3.05) is 25.5 Å². The Hall–Kier alpha value is -1.11. The maximum Gasteiger partial charge on any atom is 0.215 e. The van der Waals surface area contributed by atoms with Crippen LogP contribution in [0.3, 0.4) is 0 Å². The first kappa shape index (κ1) is 13.3.